The topological polar surface area (TPSA) is 67.6 Å². The van der Waals surface area contributed by atoms with Crippen molar-refractivity contribution in [2.75, 3.05) is 23.7 Å². The highest BCUT2D eigenvalue weighted by Gasteiger charge is 2.53. The van der Waals surface area contributed by atoms with E-state index in [1.165, 1.54) is 0 Å². The van der Waals surface area contributed by atoms with Crippen LogP contribution in [0.3, 0.4) is 0 Å². The van der Waals surface area contributed by atoms with Gasteiger partial charge in [0.1, 0.15) is 5.60 Å². The summed E-state index contributed by atoms with van der Waals surface area (Å²) in [4.78, 5) is 14.0. The van der Waals surface area contributed by atoms with Crippen molar-refractivity contribution in [3.05, 3.63) is 23.2 Å². The molecule has 0 radical (unpaired) electrons. The number of carbonyl (C=O) groups is 1. The molecule has 3 rings (SSSR count). The van der Waals surface area contributed by atoms with Crippen molar-refractivity contribution in [3.8, 4) is 0 Å². The minimum Gasteiger partial charge on any atom is -0.444 e. The summed E-state index contributed by atoms with van der Waals surface area (Å²) in [6.45, 7) is 7.56. The highest BCUT2D eigenvalue weighted by atomic mass is 35.5. The van der Waals surface area contributed by atoms with Crippen LogP contribution in [0.5, 0.6) is 0 Å². The molecule has 1 saturated carbocycles. The van der Waals surface area contributed by atoms with Gasteiger partial charge in [-0.25, -0.2) is 4.79 Å². The molecule has 1 heterocycles. The molecule has 0 atom stereocenters. The second-order valence-corrected chi connectivity index (χ2v) is 8.23. The van der Waals surface area contributed by atoms with E-state index < -0.39 is 5.60 Å². The van der Waals surface area contributed by atoms with Crippen molar-refractivity contribution in [2.24, 2.45) is 5.41 Å². The van der Waals surface area contributed by atoms with Crippen molar-refractivity contribution < 1.29 is 9.53 Å². The second-order valence-electron chi connectivity index (χ2n) is 7.82. The fourth-order valence-corrected chi connectivity index (χ4v) is 3.84. The van der Waals surface area contributed by atoms with Gasteiger partial charge in [0.15, 0.2) is 0 Å². The van der Waals surface area contributed by atoms with E-state index >= 15 is 0 Å². The smallest absolute Gasteiger partial charge is 0.407 e. The van der Waals surface area contributed by atoms with Gasteiger partial charge in [-0.3, -0.25) is 0 Å². The maximum atomic E-state index is 11.8. The normalized spacial score (nSPS) is 19.9. The van der Waals surface area contributed by atoms with Crippen LogP contribution in [0.25, 0.3) is 0 Å². The number of hydrogen-bond donors (Lipinski definition) is 2. The number of nitrogen functional groups attached to an aromatic ring is 1. The van der Waals surface area contributed by atoms with Crippen LogP contribution in [0, 0.1) is 5.41 Å². The van der Waals surface area contributed by atoms with Crippen LogP contribution < -0.4 is 16.0 Å². The summed E-state index contributed by atoms with van der Waals surface area (Å²) in [6, 6.07) is 5.85. The number of halogens is 1. The van der Waals surface area contributed by atoms with Crippen LogP contribution in [-0.4, -0.2) is 30.8 Å². The van der Waals surface area contributed by atoms with Gasteiger partial charge in [-0.15, -0.1) is 0 Å². The highest BCUT2D eigenvalue weighted by molar-refractivity contribution is 6.33. The summed E-state index contributed by atoms with van der Waals surface area (Å²) in [5.74, 6) is 0. The zero-order chi connectivity index (χ0) is 16.8. The molecule has 1 saturated heterocycles. The molecule has 1 spiro atoms. The Morgan fingerprint density at radius 2 is 2.04 bits per heavy atom. The highest BCUT2D eigenvalue weighted by Crippen LogP contribution is 2.50. The summed E-state index contributed by atoms with van der Waals surface area (Å²) >= 11 is 6.26. The number of nitrogens with zero attached hydrogens (tertiary/aromatic N) is 1. The summed E-state index contributed by atoms with van der Waals surface area (Å²) < 4.78 is 5.29. The Kier molecular flexibility index (Phi) is 3.87. The molecule has 5 nitrogen and oxygen atoms in total. The Hall–Kier alpha value is -1.62. The molecule has 126 valence electrons. The lowest BCUT2D eigenvalue weighted by Gasteiger charge is -2.60. The number of carbonyl (C=O) groups excluding carboxylic acids is 1. The molecule has 23 heavy (non-hydrogen) atoms. The van der Waals surface area contributed by atoms with E-state index in [4.69, 9.17) is 22.1 Å². The van der Waals surface area contributed by atoms with E-state index in [-0.39, 0.29) is 12.1 Å². The summed E-state index contributed by atoms with van der Waals surface area (Å²) in [7, 11) is 0. The van der Waals surface area contributed by atoms with Gasteiger partial charge >= 0.3 is 6.09 Å². The third-order valence-corrected chi connectivity index (χ3v) is 4.75. The predicted molar refractivity (Wildman–Crippen MR) is 92.9 cm³/mol. The molecule has 1 aromatic carbocycles. The lowest BCUT2D eigenvalue weighted by molar-refractivity contribution is 0.0216. The van der Waals surface area contributed by atoms with E-state index in [0.717, 1.165) is 31.6 Å². The number of ether oxygens (including phenoxy) is 1. The number of alkyl carbamates (subject to hydrolysis) is 1. The molecule has 2 aliphatic rings. The zero-order valence-electron chi connectivity index (χ0n) is 13.9. The quantitative estimate of drug-likeness (QED) is 0.811. The fourth-order valence-electron chi connectivity index (χ4n) is 3.53. The maximum Gasteiger partial charge on any atom is 0.407 e. The van der Waals surface area contributed by atoms with Gasteiger partial charge in [-0.05, 0) is 51.8 Å². The van der Waals surface area contributed by atoms with E-state index in [2.05, 4.69) is 10.2 Å². The van der Waals surface area contributed by atoms with E-state index in [1.807, 2.05) is 32.9 Å². The SMILES string of the molecule is CC(C)(C)OC(=O)NC1CC2(C1)CN(c1ccc(N)cc1Cl)C2. The second kappa shape index (κ2) is 5.48. The Balaban J connectivity index is 1.47. The summed E-state index contributed by atoms with van der Waals surface area (Å²) in [5, 5.41) is 3.64. The monoisotopic (exact) mass is 337 g/mol. The van der Waals surface area contributed by atoms with E-state index in [9.17, 15) is 4.79 Å². The minimum atomic E-state index is -0.454. The van der Waals surface area contributed by atoms with E-state index in [0.29, 0.717) is 16.1 Å². The van der Waals surface area contributed by atoms with E-state index in [1.54, 1.807) is 6.07 Å². The van der Waals surface area contributed by atoms with Gasteiger partial charge < -0.3 is 20.7 Å². The number of hydrogen-bond acceptors (Lipinski definition) is 4. The first-order valence-corrected chi connectivity index (χ1v) is 8.33. The third kappa shape index (κ3) is 3.50. The summed E-state index contributed by atoms with van der Waals surface area (Å²) in [5.41, 5.74) is 7.30. The minimum absolute atomic E-state index is 0.217. The molecule has 0 aromatic heterocycles. The Labute approximate surface area is 142 Å². The number of anilines is 2. The Bertz CT molecular complexity index is 613. The molecule has 1 aliphatic heterocycles. The van der Waals surface area contributed by atoms with Crippen molar-refractivity contribution in [1.29, 1.82) is 0 Å². The van der Waals surface area contributed by atoms with Gasteiger partial charge in [-0.2, -0.15) is 0 Å². The maximum absolute atomic E-state index is 11.8. The van der Waals surface area contributed by atoms with Crippen molar-refractivity contribution in [1.82, 2.24) is 5.32 Å². The molecule has 1 amide bonds. The predicted octanol–water partition coefficient (Wildman–Crippen LogP) is 3.42. The van der Waals surface area contributed by atoms with Crippen LogP contribution in [-0.2, 0) is 4.74 Å². The first kappa shape index (κ1) is 16.2. The van der Waals surface area contributed by atoms with Gasteiger partial charge in [0, 0.05) is 30.2 Å². The lowest BCUT2D eigenvalue weighted by atomic mass is 9.60. The molecule has 1 aromatic rings. The van der Waals surface area contributed by atoms with Crippen molar-refractivity contribution in [2.45, 2.75) is 45.3 Å². The molecular weight excluding hydrogens is 314 g/mol. The molecule has 3 N–H and O–H groups in total. The van der Waals surface area contributed by atoms with Crippen LogP contribution in [0.1, 0.15) is 33.6 Å². The Morgan fingerprint density at radius 1 is 1.39 bits per heavy atom. The molecule has 0 unspecified atom stereocenters. The zero-order valence-corrected chi connectivity index (χ0v) is 14.6. The number of benzene rings is 1. The molecule has 6 heteroatoms. The van der Waals surface area contributed by atoms with Crippen molar-refractivity contribution >= 4 is 29.1 Å². The van der Waals surface area contributed by atoms with Crippen LogP contribution >= 0.6 is 11.6 Å². The average Bonchev–Trinajstić information content (AvgIpc) is 2.29. The number of amides is 1. The van der Waals surface area contributed by atoms with Gasteiger partial charge in [0.2, 0.25) is 0 Å². The first-order valence-electron chi connectivity index (χ1n) is 7.95. The number of nitrogens with one attached hydrogen (secondary N) is 1. The Morgan fingerprint density at radius 3 is 2.61 bits per heavy atom. The molecule has 2 fully saturated rings. The first-order chi connectivity index (χ1) is 10.7. The fraction of sp³-hybridized carbons (Fsp3) is 0.588. The van der Waals surface area contributed by atoms with Gasteiger partial charge in [0.05, 0.1) is 10.7 Å². The van der Waals surface area contributed by atoms with Crippen LogP contribution in [0.15, 0.2) is 18.2 Å². The molecule has 0 bridgehead atoms. The van der Waals surface area contributed by atoms with Gasteiger partial charge in [0.25, 0.3) is 0 Å². The average molecular weight is 338 g/mol. The van der Waals surface area contributed by atoms with Gasteiger partial charge in [-0.1, -0.05) is 11.6 Å². The summed E-state index contributed by atoms with van der Waals surface area (Å²) in [6.07, 6.45) is 1.67. The number of rotatable bonds is 2. The van der Waals surface area contributed by atoms with Crippen molar-refractivity contribution in [3.63, 3.8) is 0 Å². The number of nitrogens with two attached hydrogens (primary N) is 1. The largest absolute Gasteiger partial charge is 0.444 e. The standard InChI is InChI=1S/C17H24ClN3O2/c1-16(2,3)23-15(22)20-12-7-17(8-12)9-21(10-17)14-5-4-11(19)6-13(14)18/h4-6,12H,7-10,19H2,1-3H3,(H,20,22). The molecular formula is C17H24ClN3O2. The van der Waals surface area contributed by atoms with Crippen LogP contribution in [0.2, 0.25) is 5.02 Å². The van der Waals surface area contributed by atoms with Crippen LogP contribution in [0.4, 0.5) is 16.2 Å². The lowest BCUT2D eigenvalue weighted by Crippen LogP contribution is -2.66. The molecule has 1 aliphatic carbocycles. The third-order valence-electron chi connectivity index (χ3n) is 4.44.